The van der Waals surface area contributed by atoms with Gasteiger partial charge in [0.1, 0.15) is 0 Å². The first kappa shape index (κ1) is 12.6. The average molecular weight is 236 g/mol. The fraction of sp³-hybridized carbons (Fsp3) is 0.769. The number of aryl methyl sites for hydroxylation is 1. The molecule has 0 amide bonds. The van der Waals surface area contributed by atoms with E-state index < -0.39 is 0 Å². The molecule has 2 heterocycles. The third-order valence-electron chi connectivity index (χ3n) is 3.63. The van der Waals surface area contributed by atoms with Crippen LogP contribution in [0.1, 0.15) is 25.8 Å². The lowest BCUT2D eigenvalue weighted by Gasteiger charge is -2.27. The first-order valence-corrected chi connectivity index (χ1v) is 6.60. The smallest absolute Gasteiger partial charge is 0.0522 e. The summed E-state index contributed by atoms with van der Waals surface area (Å²) in [7, 11) is 1.98. The third-order valence-corrected chi connectivity index (χ3v) is 3.63. The molecular formula is C13H24N4. The van der Waals surface area contributed by atoms with Crippen LogP contribution >= 0.6 is 0 Å². The van der Waals surface area contributed by atoms with Crippen LogP contribution in [0.4, 0.5) is 0 Å². The highest BCUT2D eigenvalue weighted by Gasteiger charge is 2.19. The zero-order valence-corrected chi connectivity index (χ0v) is 11.2. The number of nitrogens with zero attached hydrogens (tertiary/aromatic N) is 3. The Morgan fingerprint density at radius 1 is 1.47 bits per heavy atom. The number of rotatable bonds is 3. The molecule has 1 saturated heterocycles. The SMILES string of the molecule is CC1CN(CCc2cnn(C)c2)C(C)CCN1. The average Bonchev–Trinajstić information content (AvgIpc) is 2.62. The Bertz CT molecular complexity index is 347. The molecule has 1 aromatic rings. The lowest BCUT2D eigenvalue weighted by molar-refractivity contribution is 0.210. The van der Waals surface area contributed by atoms with Gasteiger partial charge in [-0.3, -0.25) is 9.58 Å². The van der Waals surface area contributed by atoms with Crippen molar-refractivity contribution in [2.45, 2.75) is 38.8 Å². The number of aromatic nitrogens is 2. The van der Waals surface area contributed by atoms with Gasteiger partial charge >= 0.3 is 0 Å². The standard InChI is InChI=1S/C13H24N4/c1-11-9-17(12(2)4-6-14-11)7-5-13-8-15-16(3)10-13/h8,10-12,14H,4-7,9H2,1-3H3. The lowest BCUT2D eigenvalue weighted by Crippen LogP contribution is -2.39. The van der Waals surface area contributed by atoms with Gasteiger partial charge in [-0.15, -0.1) is 0 Å². The van der Waals surface area contributed by atoms with E-state index in [0.717, 1.165) is 26.1 Å². The minimum absolute atomic E-state index is 0.605. The van der Waals surface area contributed by atoms with Gasteiger partial charge in [0.15, 0.2) is 0 Å². The van der Waals surface area contributed by atoms with Crippen molar-refractivity contribution in [1.29, 1.82) is 0 Å². The summed E-state index contributed by atoms with van der Waals surface area (Å²) in [6, 6.07) is 1.29. The summed E-state index contributed by atoms with van der Waals surface area (Å²) < 4.78 is 1.88. The quantitative estimate of drug-likeness (QED) is 0.851. The van der Waals surface area contributed by atoms with Crippen LogP contribution in [-0.4, -0.2) is 46.4 Å². The van der Waals surface area contributed by atoms with E-state index in [1.165, 1.54) is 12.0 Å². The minimum Gasteiger partial charge on any atom is -0.313 e. The van der Waals surface area contributed by atoms with E-state index >= 15 is 0 Å². The first-order chi connectivity index (χ1) is 8.15. The number of hydrogen-bond acceptors (Lipinski definition) is 3. The van der Waals surface area contributed by atoms with Gasteiger partial charge in [-0.1, -0.05) is 0 Å². The van der Waals surface area contributed by atoms with E-state index in [9.17, 15) is 0 Å². The molecule has 1 fully saturated rings. The summed E-state index contributed by atoms with van der Waals surface area (Å²) in [6.45, 7) is 8.05. The third kappa shape index (κ3) is 3.54. The lowest BCUT2D eigenvalue weighted by atomic mass is 10.1. The fourth-order valence-corrected chi connectivity index (χ4v) is 2.50. The molecule has 4 heteroatoms. The van der Waals surface area contributed by atoms with E-state index in [0.29, 0.717) is 12.1 Å². The van der Waals surface area contributed by atoms with Gasteiger partial charge in [0.2, 0.25) is 0 Å². The molecule has 0 radical (unpaired) electrons. The van der Waals surface area contributed by atoms with Gasteiger partial charge < -0.3 is 5.32 Å². The van der Waals surface area contributed by atoms with E-state index in [-0.39, 0.29) is 0 Å². The predicted molar refractivity (Wildman–Crippen MR) is 70.0 cm³/mol. The summed E-state index contributed by atoms with van der Waals surface area (Å²) >= 11 is 0. The molecule has 2 rings (SSSR count). The second-order valence-electron chi connectivity index (χ2n) is 5.26. The van der Waals surface area contributed by atoms with Crippen molar-refractivity contribution in [2.75, 3.05) is 19.6 Å². The van der Waals surface area contributed by atoms with Crippen LogP contribution in [0.25, 0.3) is 0 Å². The molecular weight excluding hydrogens is 212 g/mol. The van der Waals surface area contributed by atoms with Gasteiger partial charge in [0.25, 0.3) is 0 Å². The highest BCUT2D eigenvalue weighted by molar-refractivity contribution is 5.04. The van der Waals surface area contributed by atoms with Crippen LogP contribution in [0.15, 0.2) is 12.4 Å². The molecule has 0 bridgehead atoms. The summed E-state index contributed by atoms with van der Waals surface area (Å²) in [5.41, 5.74) is 1.34. The maximum Gasteiger partial charge on any atom is 0.0522 e. The Morgan fingerprint density at radius 3 is 3.00 bits per heavy atom. The molecule has 1 aliphatic rings. The van der Waals surface area contributed by atoms with Crippen molar-refractivity contribution in [2.24, 2.45) is 7.05 Å². The summed E-state index contributed by atoms with van der Waals surface area (Å²) in [5.74, 6) is 0. The zero-order valence-electron chi connectivity index (χ0n) is 11.2. The Balaban J connectivity index is 1.87. The maximum atomic E-state index is 4.22. The zero-order chi connectivity index (χ0) is 12.3. The van der Waals surface area contributed by atoms with Crippen LogP contribution in [-0.2, 0) is 13.5 Å². The Hall–Kier alpha value is -0.870. The van der Waals surface area contributed by atoms with Crippen molar-refractivity contribution in [3.63, 3.8) is 0 Å². The first-order valence-electron chi connectivity index (χ1n) is 6.60. The van der Waals surface area contributed by atoms with Gasteiger partial charge in [0, 0.05) is 38.4 Å². The van der Waals surface area contributed by atoms with Gasteiger partial charge in [0.05, 0.1) is 6.20 Å². The molecule has 0 spiro atoms. The molecule has 17 heavy (non-hydrogen) atoms. The minimum atomic E-state index is 0.605. The highest BCUT2D eigenvalue weighted by atomic mass is 15.2. The van der Waals surface area contributed by atoms with E-state index in [1.54, 1.807) is 0 Å². The van der Waals surface area contributed by atoms with Gasteiger partial charge in [-0.25, -0.2) is 0 Å². The molecule has 2 atom stereocenters. The summed E-state index contributed by atoms with van der Waals surface area (Å²) in [6.07, 6.45) is 6.44. The molecule has 0 saturated carbocycles. The van der Waals surface area contributed by atoms with Gasteiger partial charge in [-0.2, -0.15) is 5.10 Å². The second kappa shape index (κ2) is 5.65. The Morgan fingerprint density at radius 2 is 2.29 bits per heavy atom. The van der Waals surface area contributed by atoms with E-state index in [2.05, 4.69) is 35.4 Å². The van der Waals surface area contributed by atoms with Crippen LogP contribution in [0.5, 0.6) is 0 Å². The number of hydrogen-bond donors (Lipinski definition) is 1. The van der Waals surface area contributed by atoms with Crippen molar-refractivity contribution in [1.82, 2.24) is 20.0 Å². The molecule has 0 aliphatic carbocycles. The van der Waals surface area contributed by atoms with Crippen molar-refractivity contribution in [3.05, 3.63) is 18.0 Å². The molecule has 0 aromatic carbocycles. The maximum absolute atomic E-state index is 4.22. The molecule has 1 aliphatic heterocycles. The Kier molecular flexibility index (Phi) is 4.18. The molecule has 96 valence electrons. The topological polar surface area (TPSA) is 33.1 Å². The Labute approximate surface area is 104 Å². The van der Waals surface area contributed by atoms with E-state index in [1.807, 2.05) is 17.9 Å². The monoisotopic (exact) mass is 236 g/mol. The van der Waals surface area contributed by atoms with Crippen molar-refractivity contribution in [3.8, 4) is 0 Å². The normalized spacial score (nSPS) is 27.0. The largest absolute Gasteiger partial charge is 0.313 e. The van der Waals surface area contributed by atoms with Crippen LogP contribution < -0.4 is 5.32 Å². The molecule has 4 nitrogen and oxygen atoms in total. The second-order valence-corrected chi connectivity index (χ2v) is 5.26. The summed E-state index contributed by atoms with van der Waals surface area (Å²) in [4.78, 5) is 2.59. The fourth-order valence-electron chi connectivity index (χ4n) is 2.50. The van der Waals surface area contributed by atoms with Crippen molar-refractivity contribution < 1.29 is 0 Å². The summed E-state index contributed by atoms with van der Waals surface area (Å²) in [5, 5.41) is 7.77. The molecule has 2 unspecified atom stereocenters. The van der Waals surface area contributed by atoms with E-state index in [4.69, 9.17) is 0 Å². The highest BCUT2D eigenvalue weighted by Crippen LogP contribution is 2.10. The number of nitrogens with one attached hydrogen (secondary N) is 1. The van der Waals surface area contributed by atoms with Crippen LogP contribution in [0.2, 0.25) is 0 Å². The predicted octanol–water partition coefficient (Wildman–Crippen LogP) is 1.03. The molecule has 1 aromatic heterocycles. The van der Waals surface area contributed by atoms with Crippen LogP contribution in [0, 0.1) is 0 Å². The van der Waals surface area contributed by atoms with Crippen LogP contribution in [0.3, 0.4) is 0 Å². The van der Waals surface area contributed by atoms with Crippen molar-refractivity contribution >= 4 is 0 Å². The van der Waals surface area contributed by atoms with Gasteiger partial charge in [-0.05, 0) is 38.8 Å². The molecule has 1 N–H and O–H groups in total.